The van der Waals surface area contributed by atoms with Gasteiger partial charge >= 0.3 is 0 Å². The highest BCUT2D eigenvalue weighted by atomic mass is 32.2. The molecule has 0 saturated carbocycles. The first-order valence-electron chi connectivity index (χ1n) is 4.18. The van der Waals surface area contributed by atoms with Gasteiger partial charge in [0.05, 0.1) is 32.8 Å². The van der Waals surface area contributed by atoms with E-state index >= 15 is 0 Å². The summed E-state index contributed by atoms with van der Waals surface area (Å²) in [5.74, 6) is 0. The van der Waals surface area contributed by atoms with E-state index in [0.29, 0.717) is 19.9 Å². The van der Waals surface area contributed by atoms with E-state index in [9.17, 15) is 8.42 Å². The second kappa shape index (κ2) is 8.13. The molecular formula is C7H17NO5S. The van der Waals surface area contributed by atoms with Crippen molar-refractivity contribution in [3.63, 3.8) is 0 Å². The Bertz CT molecular complexity index is 216. The van der Waals surface area contributed by atoms with E-state index in [-0.39, 0.29) is 13.2 Å². The molecule has 0 saturated heterocycles. The highest BCUT2D eigenvalue weighted by molar-refractivity contribution is 7.85. The first-order valence-corrected chi connectivity index (χ1v) is 5.99. The monoisotopic (exact) mass is 227 g/mol. The van der Waals surface area contributed by atoms with Crippen molar-refractivity contribution in [2.75, 3.05) is 46.5 Å². The molecule has 0 atom stereocenters. The van der Waals surface area contributed by atoms with Crippen LogP contribution in [-0.4, -0.2) is 54.9 Å². The average Bonchev–Trinajstić information content (AvgIpc) is 2.08. The lowest BCUT2D eigenvalue weighted by atomic mass is 10.7. The van der Waals surface area contributed by atoms with Crippen molar-refractivity contribution in [2.24, 2.45) is 0 Å². The SMILES string of the molecule is COCCNCOCCOS(C)(=O)=O. The van der Waals surface area contributed by atoms with Gasteiger partial charge in [0.15, 0.2) is 0 Å². The number of rotatable bonds is 9. The summed E-state index contributed by atoms with van der Waals surface area (Å²) in [5, 5.41) is 2.93. The minimum Gasteiger partial charge on any atom is -0.383 e. The maximum atomic E-state index is 10.5. The predicted octanol–water partition coefficient (Wildman–Crippen LogP) is -0.827. The van der Waals surface area contributed by atoms with Gasteiger partial charge in [-0.25, -0.2) is 0 Å². The van der Waals surface area contributed by atoms with E-state index in [1.165, 1.54) is 0 Å². The molecule has 0 aliphatic carbocycles. The second-order valence-corrected chi connectivity index (χ2v) is 4.22. The Kier molecular flexibility index (Phi) is 8.01. The number of hydrogen-bond acceptors (Lipinski definition) is 6. The number of ether oxygens (including phenoxy) is 2. The molecule has 0 radical (unpaired) electrons. The fourth-order valence-electron chi connectivity index (χ4n) is 0.635. The molecule has 7 heteroatoms. The maximum Gasteiger partial charge on any atom is 0.264 e. The van der Waals surface area contributed by atoms with E-state index in [0.717, 1.165) is 6.26 Å². The van der Waals surface area contributed by atoms with Crippen LogP contribution in [0, 0.1) is 0 Å². The van der Waals surface area contributed by atoms with Crippen LogP contribution in [0.2, 0.25) is 0 Å². The van der Waals surface area contributed by atoms with Crippen LogP contribution in [0.15, 0.2) is 0 Å². The third kappa shape index (κ3) is 11.8. The van der Waals surface area contributed by atoms with Gasteiger partial charge in [-0.15, -0.1) is 0 Å². The Morgan fingerprint density at radius 2 is 1.93 bits per heavy atom. The van der Waals surface area contributed by atoms with E-state index < -0.39 is 10.1 Å². The number of nitrogens with one attached hydrogen (secondary N) is 1. The van der Waals surface area contributed by atoms with Gasteiger partial charge in [-0.3, -0.25) is 9.50 Å². The summed E-state index contributed by atoms with van der Waals surface area (Å²) in [5.41, 5.74) is 0. The summed E-state index contributed by atoms with van der Waals surface area (Å²) < 4.78 is 35.3. The minimum absolute atomic E-state index is 0.0464. The molecule has 0 aliphatic rings. The molecule has 0 amide bonds. The molecule has 0 unspecified atom stereocenters. The van der Waals surface area contributed by atoms with Crippen molar-refractivity contribution >= 4 is 10.1 Å². The molecule has 0 aromatic heterocycles. The first-order chi connectivity index (χ1) is 6.56. The third-order valence-electron chi connectivity index (χ3n) is 1.21. The number of hydrogen-bond donors (Lipinski definition) is 1. The Hall–Kier alpha value is -0.210. The average molecular weight is 227 g/mol. The van der Waals surface area contributed by atoms with Crippen LogP contribution in [-0.2, 0) is 23.8 Å². The van der Waals surface area contributed by atoms with Crippen LogP contribution in [0.5, 0.6) is 0 Å². The van der Waals surface area contributed by atoms with Crippen molar-refractivity contribution in [3.8, 4) is 0 Å². The van der Waals surface area contributed by atoms with E-state index in [1.807, 2.05) is 0 Å². The van der Waals surface area contributed by atoms with Gasteiger partial charge in [0.1, 0.15) is 0 Å². The van der Waals surface area contributed by atoms with Crippen LogP contribution in [0.3, 0.4) is 0 Å². The van der Waals surface area contributed by atoms with E-state index in [4.69, 9.17) is 9.47 Å². The Morgan fingerprint density at radius 3 is 2.50 bits per heavy atom. The fourth-order valence-corrected chi connectivity index (χ4v) is 1.01. The van der Waals surface area contributed by atoms with Crippen LogP contribution < -0.4 is 5.32 Å². The smallest absolute Gasteiger partial charge is 0.264 e. The Labute approximate surface area is 84.7 Å². The minimum atomic E-state index is -3.35. The summed E-state index contributed by atoms with van der Waals surface area (Å²) in [4.78, 5) is 0. The van der Waals surface area contributed by atoms with Gasteiger partial charge in [-0.2, -0.15) is 8.42 Å². The van der Waals surface area contributed by atoms with Gasteiger partial charge in [0.2, 0.25) is 0 Å². The molecule has 0 aromatic rings. The highest BCUT2D eigenvalue weighted by Crippen LogP contribution is 1.85. The molecule has 0 fully saturated rings. The van der Waals surface area contributed by atoms with Crippen LogP contribution in [0.1, 0.15) is 0 Å². The standard InChI is InChI=1S/C7H17NO5S/c1-11-4-3-8-7-12-5-6-13-14(2,9)10/h8H,3-7H2,1-2H3. The van der Waals surface area contributed by atoms with E-state index in [1.54, 1.807) is 7.11 Å². The van der Waals surface area contributed by atoms with Gasteiger partial charge in [0.25, 0.3) is 10.1 Å². The second-order valence-electron chi connectivity index (χ2n) is 2.57. The zero-order valence-corrected chi connectivity index (χ0v) is 9.30. The molecule has 86 valence electrons. The Morgan fingerprint density at radius 1 is 1.21 bits per heavy atom. The van der Waals surface area contributed by atoms with Crippen LogP contribution in [0.4, 0.5) is 0 Å². The normalized spacial score (nSPS) is 11.9. The van der Waals surface area contributed by atoms with E-state index in [2.05, 4.69) is 9.50 Å². The zero-order chi connectivity index (χ0) is 10.9. The lowest BCUT2D eigenvalue weighted by Gasteiger charge is -2.05. The summed E-state index contributed by atoms with van der Waals surface area (Å²) in [6.45, 7) is 1.96. The predicted molar refractivity (Wildman–Crippen MR) is 51.5 cm³/mol. The van der Waals surface area contributed by atoms with Crippen molar-refractivity contribution < 1.29 is 22.1 Å². The molecular weight excluding hydrogens is 210 g/mol. The third-order valence-corrected chi connectivity index (χ3v) is 1.81. The molecule has 0 bridgehead atoms. The summed E-state index contributed by atoms with van der Waals surface area (Å²) in [7, 11) is -1.73. The quantitative estimate of drug-likeness (QED) is 0.315. The van der Waals surface area contributed by atoms with Gasteiger partial charge in [-0.05, 0) is 0 Å². The van der Waals surface area contributed by atoms with Crippen molar-refractivity contribution in [3.05, 3.63) is 0 Å². The van der Waals surface area contributed by atoms with Gasteiger partial charge in [-0.1, -0.05) is 0 Å². The first kappa shape index (κ1) is 13.8. The topological polar surface area (TPSA) is 73.9 Å². The lowest BCUT2D eigenvalue weighted by Crippen LogP contribution is -2.23. The Balaban J connectivity index is 3.07. The van der Waals surface area contributed by atoms with Crippen LogP contribution >= 0.6 is 0 Å². The number of methoxy groups -OCH3 is 1. The van der Waals surface area contributed by atoms with Gasteiger partial charge in [0, 0.05) is 13.7 Å². The molecule has 14 heavy (non-hydrogen) atoms. The molecule has 0 heterocycles. The largest absolute Gasteiger partial charge is 0.383 e. The van der Waals surface area contributed by atoms with Crippen molar-refractivity contribution in [1.82, 2.24) is 5.32 Å². The maximum absolute atomic E-state index is 10.5. The molecule has 6 nitrogen and oxygen atoms in total. The summed E-state index contributed by atoms with van der Waals surface area (Å²) in [6, 6.07) is 0. The zero-order valence-electron chi connectivity index (χ0n) is 8.49. The molecule has 0 rings (SSSR count). The van der Waals surface area contributed by atoms with Crippen molar-refractivity contribution in [1.29, 1.82) is 0 Å². The van der Waals surface area contributed by atoms with Crippen molar-refractivity contribution in [2.45, 2.75) is 0 Å². The molecule has 0 aliphatic heterocycles. The molecule has 1 N–H and O–H groups in total. The van der Waals surface area contributed by atoms with Gasteiger partial charge < -0.3 is 9.47 Å². The molecule has 0 aromatic carbocycles. The highest BCUT2D eigenvalue weighted by Gasteiger charge is 1.99. The summed E-state index contributed by atoms with van der Waals surface area (Å²) in [6.07, 6.45) is 1.00. The fraction of sp³-hybridized carbons (Fsp3) is 1.00. The lowest BCUT2D eigenvalue weighted by molar-refractivity contribution is 0.0834. The van der Waals surface area contributed by atoms with Crippen LogP contribution in [0.25, 0.3) is 0 Å². The molecule has 0 spiro atoms. The summed E-state index contributed by atoms with van der Waals surface area (Å²) >= 11 is 0.